The largest absolute Gasteiger partial charge is 0.399 e. The molecule has 0 unspecified atom stereocenters. The Morgan fingerprint density at radius 2 is 2.27 bits per heavy atom. The first-order valence-electron chi connectivity index (χ1n) is 4.87. The molecule has 0 spiro atoms. The number of nitrogens with one attached hydrogen (secondary N) is 1. The van der Waals surface area contributed by atoms with Crippen LogP contribution in [-0.4, -0.2) is 12.5 Å². The first-order valence-corrected chi connectivity index (χ1v) is 4.87. The highest BCUT2D eigenvalue weighted by molar-refractivity contribution is 5.92. The van der Waals surface area contributed by atoms with Gasteiger partial charge in [-0.05, 0) is 31.0 Å². The Kier molecular flexibility index (Phi) is 3.92. The molecule has 80 valence electrons. The Labute approximate surface area is 90.0 Å². The maximum absolute atomic E-state index is 11.2. The number of carbonyl (C=O) groups excluding carboxylic acids is 1. The number of carbonyl (C=O) groups is 1. The number of nitrogens with two attached hydrogens (primary N) is 1. The third-order valence-electron chi connectivity index (χ3n) is 2.04. The third kappa shape index (κ3) is 3.85. The molecule has 0 fully saturated rings. The van der Waals surface area contributed by atoms with Crippen LogP contribution >= 0.6 is 0 Å². The van der Waals surface area contributed by atoms with Crippen molar-refractivity contribution in [3.63, 3.8) is 0 Å². The maximum atomic E-state index is 11.2. The number of hydrogen-bond donors (Lipinski definition) is 2. The number of hydrogen-bond acceptors (Lipinski definition) is 2. The molecule has 0 heterocycles. The topological polar surface area (TPSA) is 55.1 Å². The molecule has 1 aromatic rings. The Morgan fingerprint density at radius 1 is 1.53 bits per heavy atom. The van der Waals surface area contributed by atoms with E-state index >= 15 is 0 Å². The van der Waals surface area contributed by atoms with E-state index in [2.05, 4.69) is 11.9 Å². The van der Waals surface area contributed by atoms with Gasteiger partial charge in [0, 0.05) is 17.8 Å². The molecule has 1 amide bonds. The van der Waals surface area contributed by atoms with Crippen LogP contribution in [0.1, 0.15) is 12.5 Å². The van der Waals surface area contributed by atoms with Gasteiger partial charge in [0.2, 0.25) is 5.91 Å². The molecule has 3 nitrogen and oxygen atoms in total. The van der Waals surface area contributed by atoms with Crippen LogP contribution in [0.15, 0.2) is 36.4 Å². The standard InChI is InChI=1S/C12H16N2O/c1-9(2)12(15)14-7-6-10-4-3-5-11(13)8-10/h3-5,8H,1,6-7,13H2,2H3,(H,14,15). The van der Waals surface area contributed by atoms with Crippen molar-refractivity contribution < 1.29 is 4.79 Å². The minimum Gasteiger partial charge on any atom is -0.399 e. The molecule has 1 aromatic carbocycles. The van der Waals surface area contributed by atoms with Crippen molar-refractivity contribution in [1.82, 2.24) is 5.32 Å². The molecule has 0 aliphatic carbocycles. The number of amides is 1. The van der Waals surface area contributed by atoms with Gasteiger partial charge in [0.15, 0.2) is 0 Å². The van der Waals surface area contributed by atoms with Crippen LogP contribution in [0.25, 0.3) is 0 Å². The van der Waals surface area contributed by atoms with E-state index in [1.807, 2.05) is 24.3 Å². The van der Waals surface area contributed by atoms with Crippen LogP contribution in [0.2, 0.25) is 0 Å². The van der Waals surface area contributed by atoms with E-state index < -0.39 is 0 Å². The number of nitrogen functional groups attached to an aromatic ring is 1. The Hall–Kier alpha value is -1.77. The number of anilines is 1. The summed E-state index contributed by atoms with van der Waals surface area (Å²) in [7, 11) is 0. The fourth-order valence-corrected chi connectivity index (χ4v) is 1.22. The zero-order valence-corrected chi connectivity index (χ0v) is 8.92. The second-order valence-electron chi connectivity index (χ2n) is 3.53. The normalized spacial score (nSPS) is 9.67. The average Bonchev–Trinajstić information content (AvgIpc) is 2.17. The average molecular weight is 204 g/mol. The summed E-state index contributed by atoms with van der Waals surface area (Å²) in [5.74, 6) is -0.0982. The predicted molar refractivity (Wildman–Crippen MR) is 62.4 cm³/mol. The van der Waals surface area contributed by atoms with Gasteiger partial charge in [-0.15, -0.1) is 0 Å². The van der Waals surface area contributed by atoms with E-state index in [-0.39, 0.29) is 5.91 Å². The molecule has 0 aliphatic heterocycles. The Morgan fingerprint density at radius 3 is 2.87 bits per heavy atom. The van der Waals surface area contributed by atoms with Crippen LogP contribution in [0.4, 0.5) is 5.69 Å². The number of rotatable bonds is 4. The van der Waals surface area contributed by atoms with Gasteiger partial charge >= 0.3 is 0 Å². The van der Waals surface area contributed by atoms with Gasteiger partial charge in [-0.3, -0.25) is 4.79 Å². The molecule has 0 atom stereocenters. The van der Waals surface area contributed by atoms with E-state index in [9.17, 15) is 4.79 Å². The molecule has 0 radical (unpaired) electrons. The van der Waals surface area contributed by atoms with Gasteiger partial charge in [0.1, 0.15) is 0 Å². The van der Waals surface area contributed by atoms with Crippen molar-refractivity contribution in [2.75, 3.05) is 12.3 Å². The summed E-state index contributed by atoms with van der Waals surface area (Å²) < 4.78 is 0. The molecule has 1 rings (SSSR count). The zero-order valence-electron chi connectivity index (χ0n) is 8.92. The number of benzene rings is 1. The van der Waals surface area contributed by atoms with Crippen molar-refractivity contribution in [2.45, 2.75) is 13.3 Å². The summed E-state index contributed by atoms with van der Waals surface area (Å²) in [6, 6.07) is 7.65. The molecule has 0 saturated carbocycles. The van der Waals surface area contributed by atoms with E-state index in [4.69, 9.17) is 5.73 Å². The quantitative estimate of drug-likeness (QED) is 0.577. The van der Waals surface area contributed by atoms with E-state index in [1.165, 1.54) is 0 Å². The first kappa shape index (κ1) is 11.3. The zero-order chi connectivity index (χ0) is 11.3. The molecule has 3 heteroatoms. The van der Waals surface area contributed by atoms with E-state index in [1.54, 1.807) is 6.92 Å². The lowest BCUT2D eigenvalue weighted by molar-refractivity contribution is -0.117. The maximum Gasteiger partial charge on any atom is 0.246 e. The van der Waals surface area contributed by atoms with Gasteiger partial charge < -0.3 is 11.1 Å². The summed E-state index contributed by atoms with van der Waals surface area (Å²) in [4.78, 5) is 11.2. The third-order valence-corrected chi connectivity index (χ3v) is 2.04. The van der Waals surface area contributed by atoms with E-state index in [0.717, 1.165) is 17.7 Å². The Balaban J connectivity index is 2.38. The molecule has 0 aromatic heterocycles. The summed E-state index contributed by atoms with van der Waals surface area (Å²) >= 11 is 0. The second-order valence-corrected chi connectivity index (χ2v) is 3.53. The minimum absolute atomic E-state index is 0.0982. The SMILES string of the molecule is C=C(C)C(=O)NCCc1cccc(N)c1. The van der Waals surface area contributed by atoms with E-state index in [0.29, 0.717) is 12.1 Å². The minimum atomic E-state index is -0.0982. The highest BCUT2D eigenvalue weighted by Crippen LogP contribution is 2.06. The van der Waals surface area contributed by atoms with Gasteiger partial charge in [-0.2, -0.15) is 0 Å². The smallest absolute Gasteiger partial charge is 0.246 e. The summed E-state index contributed by atoms with van der Waals surface area (Å²) in [6.45, 7) is 5.86. The van der Waals surface area contributed by atoms with Crippen molar-refractivity contribution in [3.05, 3.63) is 42.0 Å². The molecular formula is C12H16N2O. The van der Waals surface area contributed by atoms with Gasteiger partial charge in [-0.25, -0.2) is 0 Å². The lowest BCUT2D eigenvalue weighted by atomic mass is 10.1. The van der Waals surface area contributed by atoms with Gasteiger partial charge in [-0.1, -0.05) is 18.7 Å². The van der Waals surface area contributed by atoms with Crippen LogP contribution in [-0.2, 0) is 11.2 Å². The van der Waals surface area contributed by atoms with Crippen molar-refractivity contribution in [3.8, 4) is 0 Å². The molecule has 15 heavy (non-hydrogen) atoms. The van der Waals surface area contributed by atoms with Crippen molar-refractivity contribution >= 4 is 11.6 Å². The lowest BCUT2D eigenvalue weighted by Crippen LogP contribution is -2.25. The molecule has 0 aliphatic rings. The van der Waals surface area contributed by atoms with Crippen LogP contribution in [0.3, 0.4) is 0 Å². The fraction of sp³-hybridized carbons (Fsp3) is 0.250. The summed E-state index contributed by atoms with van der Waals surface area (Å²) in [6.07, 6.45) is 0.782. The highest BCUT2D eigenvalue weighted by atomic mass is 16.1. The summed E-state index contributed by atoms with van der Waals surface area (Å²) in [5.41, 5.74) is 8.04. The van der Waals surface area contributed by atoms with Crippen LogP contribution in [0.5, 0.6) is 0 Å². The monoisotopic (exact) mass is 204 g/mol. The molecule has 0 bridgehead atoms. The van der Waals surface area contributed by atoms with Gasteiger partial charge in [0.05, 0.1) is 0 Å². The fourth-order valence-electron chi connectivity index (χ4n) is 1.22. The Bertz CT molecular complexity index is 372. The van der Waals surface area contributed by atoms with Crippen LogP contribution in [0, 0.1) is 0 Å². The van der Waals surface area contributed by atoms with Crippen molar-refractivity contribution in [2.24, 2.45) is 0 Å². The summed E-state index contributed by atoms with van der Waals surface area (Å²) in [5, 5.41) is 2.77. The van der Waals surface area contributed by atoms with Crippen LogP contribution < -0.4 is 11.1 Å². The predicted octanol–water partition coefficient (Wildman–Crippen LogP) is 1.50. The van der Waals surface area contributed by atoms with Crippen molar-refractivity contribution in [1.29, 1.82) is 0 Å². The second kappa shape index (κ2) is 5.20. The lowest BCUT2D eigenvalue weighted by Gasteiger charge is -2.05. The first-order chi connectivity index (χ1) is 7.09. The molecular weight excluding hydrogens is 188 g/mol. The molecule has 0 saturated heterocycles. The molecule has 3 N–H and O–H groups in total. The van der Waals surface area contributed by atoms with Gasteiger partial charge in [0.25, 0.3) is 0 Å². The highest BCUT2D eigenvalue weighted by Gasteiger charge is 2.00.